The summed E-state index contributed by atoms with van der Waals surface area (Å²) in [5, 5.41) is 0. The van der Waals surface area contributed by atoms with Gasteiger partial charge in [0.1, 0.15) is 6.33 Å². The molecule has 1 aliphatic rings. The molecule has 0 spiro atoms. The average Bonchev–Trinajstić information content (AvgIpc) is 2.70. The van der Waals surface area contributed by atoms with Gasteiger partial charge in [0.15, 0.2) is 0 Å². The number of likely N-dealkylation sites (tertiary alicyclic amines) is 1. The van der Waals surface area contributed by atoms with Crippen molar-refractivity contribution in [3.05, 3.63) is 18.7 Å². The number of aromatic nitrogens is 2. The van der Waals surface area contributed by atoms with Crippen LogP contribution in [-0.4, -0.2) is 33.1 Å². The first-order valence-electron chi connectivity index (χ1n) is 5.08. The third kappa shape index (κ3) is 1.64. The SMILES string of the molecule is CC1CCCCN1C(=O)n1ccnc1. The van der Waals surface area contributed by atoms with Crippen molar-refractivity contribution in [1.29, 1.82) is 0 Å². The zero-order chi connectivity index (χ0) is 9.97. The summed E-state index contributed by atoms with van der Waals surface area (Å²) >= 11 is 0. The van der Waals surface area contributed by atoms with E-state index in [0.717, 1.165) is 19.4 Å². The van der Waals surface area contributed by atoms with Crippen LogP contribution in [0.25, 0.3) is 0 Å². The second kappa shape index (κ2) is 3.82. The van der Waals surface area contributed by atoms with E-state index in [2.05, 4.69) is 11.9 Å². The topological polar surface area (TPSA) is 38.1 Å². The second-order valence-corrected chi connectivity index (χ2v) is 3.79. The molecule has 76 valence electrons. The van der Waals surface area contributed by atoms with Crippen molar-refractivity contribution in [1.82, 2.24) is 14.5 Å². The van der Waals surface area contributed by atoms with Crippen LogP contribution in [0.3, 0.4) is 0 Å². The summed E-state index contributed by atoms with van der Waals surface area (Å²) in [5.41, 5.74) is 0. The van der Waals surface area contributed by atoms with Crippen LogP contribution >= 0.6 is 0 Å². The molecule has 1 saturated heterocycles. The normalized spacial score (nSPS) is 22.4. The first kappa shape index (κ1) is 9.24. The highest BCUT2D eigenvalue weighted by Gasteiger charge is 2.23. The highest BCUT2D eigenvalue weighted by molar-refractivity contribution is 5.77. The van der Waals surface area contributed by atoms with Gasteiger partial charge in [0, 0.05) is 25.0 Å². The molecule has 0 saturated carbocycles. The average molecular weight is 193 g/mol. The van der Waals surface area contributed by atoms with Gasteiger partial charge in [0.25, 0.3) is 0 Å². The van der Waals surface area contributed by atoms with Crippen molar-refractivity contribution in [3.63, 3.8) is 0 Å². The smallest absolute Gasteiger partial charge is 0.321 e. The molecule has 1 aliphatic heterocycles. The van der Waals surface area contributed by atoms with Crippen LogP contribution in [0.2, 0.25) is 0 Å². The van der Waals surface area contributed by atoms with Crippen molar-refractivity contribution < 1.29 is 4.79 Å². The molecule has 0 aliphatic carbocycles. The molecule has 1 atom stereocenters. The van der Waals surface area contributed by atoms with Gasteiger partial charge < -0.3 is 4.90 Å². The minimum Gasteiger partial charge on any atom is -0.321 e. The molecule has 1 aromatic rings. The van der Waals surface area contributed by atoms with Crippen LogP contribution < -0.4 is 0 Å². The molecule has 1 amide bonds. The Bertz CT molecular complexity index is 307. The Kier molecular flexibility index (Phi) is 2.52. The Labute approximate surface area is 83.5 Å². The third-order valence-electron chi connectivity index (χ3n) is 2.77. The zero-order valence-corrected chi connectivity index (χ0v) is 8.39. The van der Waals surface area contributed by atoms with Crippen LogP contribution in [-0.2, 0) is 0 Å². The quantitative estimate of drug-likeness (QED) is 0.629. The lowest BCUT2D eigenvalue weighted by atomic mass is 10.0. The summed E-state index contributed by atoms with van der Waals surface area (Å²) in [4.78, 5) is 17.7. The lowest BCUT2D eigenvalue weighted by Gasteiger charge is -2.33. The number of piperidine rings is 1. The highest BCUT2D eigenvalue weighted by Crippen LogP contribution is 2.17. The van der Waals surface area contributed by atoms with E-state index in [1.807, 2.05) is 4.90 Å². The predicted molar refractivity (Wildman–Crippen MR) is 53.0 cm³/mol. The number of nitrogens with zero attached hydrogens (tertiary/aromatic N) is 3. The number of hydrogen-bond donors (Lipinski definition) is 0. The molecule has 0 radical (unpaired) electrons. The van der Waals surface area contributed by atoms with Gasteiger partial charge in [-0.05, 0) is 26.2 Å². The lowest BCUT2D eigenvalue weighted by molar-refractivity contribution is 0.159. The highest BCUT2D eigenvalue weighted by atomic mass is 16.2. The molecule has 14 heavy (non-hydrogen) atoms. The number of amides is 1. The Morgan fingerprint density at radius 2 is 2.36 bits per heavy atom. The van der Waals surface area contributed by atoms with Crippen LogP contribution in [0.15, 0.2) is 18.7 Å². The van der Waals surface area contributed by atoms with Crippen LogP contribution in [0.1, 0.15) is 26.2 Å². The van der Waals surface area contributed by atoms with E-state index >= 15 is 0 Å². The number of carbonyl (C=O) groups is 1. The van der Waals surface area contributed by atoms with Crippen molar-refractivity contribution in [2.24, 2.45) is 0 Å². The van der Waals surface area contributed by atoms with Gasteiger partial charge in [-0.2, -0.15) is 0 Å². The van der Waals surface area contributed by atoms with Crippen LogP contribution in [0.4, 0.5) is 4.79 Å². The van der Waals surface area contributed by atoms with E-state index in [1.54, 1.807) is 23.3 Å². The first-order valence-corrected chi connectivity index (χ1v) is 5.08. The van der Waals surface area contributed by atoms with Gasteiger partial charge in [-0.1, -0.05) is 0 Å². The standard InChI is InChI=1S/C10H15N3O/c1-9-4-2-3-6-13(9)10(14)12-7-5-11-8-12/h5,7-9H,2-4,6H2,1H3. The van der Waals surface area contributed by atoms with E-state index in [4.69, 9.17) is 0 Å². The van der Waals surface area contributed by atoms with Crippen molar-refractivity contribution in [2.45, 2.75) is 32.2 Å². The summed E-state index contributed by atoms with van der Waals surface area (Å²) in [6.07, 6.45) is 8.35. The molecule has 4 heteroatoms. The fraction of sp³-hybridized carbons (Fsp3) is 0.600. The van der Waals surface area contributed by atoms with E-state index in [-0.39, 0.29) is 6.03 Å². The summed E-state index contributed by atoms with van der Waals surface area (Å²) in [6, 6.07) is 0.411. The van der Waals surface area contributed by atoms with E-state index in [1.165, 1.54) is 6.42 Å². The predicted octanol–water partition coefficient (Wildman–Crippen LogP) is 1.73. The fourth-order valence-electron chi connectivity index (χ4n) is 1.90. The Hall–Kier alpha value is -1.32. The van der Waals surface area contributed by atoms with Gasteiger partial charge in [-0.3, -0.25) is 4.57 Å². The van der Waals surface area contributed by atoms with E-state index in [9.17, 15) is 4.79 Å². The Balaban J connectivity index is 2.10. The van der Waals surface area contributed by atoms with Gasteiger partial charge in [-0.15, -0.1) is 0 Å². The summed E-state index contributed by atoms with van der Waals surface area (Å²) in [7, 11) is 0. The number of imidazole rings is 1. The summed E-state index contributed by atoms with van der Waals surface area (Å²) in [6.45, 7) is 2.98. The van der Waals surface area contributed by atoms with Gasteiger partial charge in [0.2, 0.25) is 0 Å². The Morgan fingerprint density at radius 1 is 1.50 bits per heavy atom. The summed E-state index contributed by atoms with van der Waals surface area (Å²) in [5.74, 6) is 0. The van der Waals surface area contributed by atoms with Gasteiger partial charge >= 0.3 is 6.03 Å². The van der Waals surface area contributed by atoms with Crippen molar-refractivity contribution >= 4 is 6.03 Å². The molecule has 1 fully saturated rings. The lowest BCUT2D eigenvalue weighted by Crippen LogP contribution is -2.43. The molecule has 0 bridgehead atoms. The number of hydrogen-bond acceptors (Lipinski definition) is 2. The minimum absolute atomic E-state index is 0.0506. The van der Waals surface area contributed by atoms with Crippen molar-refractivity contribution in [3.8, 4) is 0 Å². The second-order valence-electron chi connectivity index (χ2n) is 3.79. The monoisotopic (exact) mass is 193 g/mol. The molecule has 1 unspecified atom stereocenters. The van der Waals surface area contributed by atoms with Crippen LogP contribution in [0.5, 0.6) is 0 Å². The largest absolute Gasteiger partial charge is 0.329 e. The molecule has 0 N–H and O–H groups in total. The molecule has 1 aromatic heterocycles. The maximum Gasteiger partial charge on any atom is 0.329 e. The maximum absolute atomic E-state index is 11.9. The van der Waals surface area contributed by atoms with Gasteiger partial charge in [0.05, 0.1) is 0 Å². The molecular formula is C10H15N3O. The van der Waals surface area contributed by atoms with Crippen molar-refractivity contribution in [2.75, 3.05) is 6.54 Å². The first-order chi connectivity index (χ1) is 6.79. The molecule has 2 rings (SSSR count). The Morgan fingerprint density at radius 3 is 3.00 bits per heavy atom. The third-order valence-corrected chi connectivity index (χ3v) is 2.77. The van der Waals surface area contributed by atoms with E-state index < -0.39 is 0 Å². The number of carbonyl (C=O) groups excluding carboxylic acids is 1. The molecular weight excluding hydrogens is 178 g/mol. The minimum atomic E-state index is 0.0506. The molecule has 2 heterocycles. The van der Waals surface area contributed by atoms with E-state index in [0.29, 0.717) is 6.04 Å². The summed E-state index contributed by atoms with van der Waals surface area (Å²) < 4.78 is 1.54. The fourth-order valence-corrected chi connectivity index (χ4v) is 1.90. The van der Waals surface area contributed by atoms with Gasteiger partial charge in [-0.25, -0.2) is 9.78 Å². The van der Waals surface area contributed by atoms with Crippen LogP contribution in [0, 0.1) is 0 Å². The molecule has 0 aromatic carbocycles. The number of rotatable bonds is 0. The maximum atomic E-state index is 11.9. The zero-order valence-electron chi connectivity index (χ0n) is 8.39. The molecule has 4 nitrogen and oxygen atoms in total.